The number of nitrogens with one attached hydrogen (secondary N) is 2. The number of fused-ring (bicyclic) bond motifs is 1. The summed E-state index contributed by atoms with van der Waals surface area (Å²) in [6.07, 6.45) is 1.70. The fourth-order valence-electron chi connectivity index (χ4n) is 2.78. The molecule has 2 heterocycles. The summed E-state index contributed by atoms with van der Waals surface area (Å²) in [5, 5.41) is 16.9. The van der Waals surface area contributed by atoms with E-state index in [1.807, 2.05) is 11.5 Å². The lowest BCUT2D eigenvalue weighted by molar-refractivity contribution is 0.228. The highest BCUT2D eigenvalue weighted by Gasteiger charge is 2.58. The third-order valence-corrected chi connectivity index (χ3v) is 3.91. The molecule has 0 bridgehead atoms. The van der Waals surface area contributed by atoms with Crippen LogP contribution in [-0.4, -0.2) is 29.1 Å². The Morgan fingerprint density at radius 1 is 1.53 bits per heavy atom. The van der Waals surface area contributed by atoms with Crippen LogP contribution in [0.15, 0.2) is 18.3 Å². The van der Waals surface area contributed by atoms with Gasteiger partial charge < -0.3 is 4.90 Å². The van der Waals surface area contributed by atoms with Crippen LogP contribution in [0.1, 0.15) is 0 Å². The Balaban J connectivity index is 1.67. The van der Waals surface area contributed by atoms with Crippen molar-refractivity contribution in [3.05, 3.63) is 23.4 Å². The smallest absolute Gasteiger partial charge is 0.129 e. The second-order valence-electron chi connectivity index (χ2n) is 4.62. The van der Waals surface area contributed by atoms with Crippen LogP contribution in [0.2, 0.25) is 5.02 Å². The molecule has 1 aliphatic heterocycles. The zero-order valence-electron chi connectivity index (χ0n) is 9.10. The largest absolute Gasteiger partial charge is 0.356 e. The summed E-state index contributed by atoms with van der Waals surface area (Å²) in [4.78, 5) is 6.47. The molecule has 2 aliphatic rings. The van der Waals surface area contributed by atoms with Crippen molar-refractivity contribution in [1.82, 2.24) is 10.5 Å². The fourth-order valence-corrected chi connectivity index (χ4v) is 2.94. The minimum atomic E-state index is 0.190. The van der Waals surface area contributed by atoms with Gasteiger partial charge in [-0.3, -0.25) is 16.1 Å². The van der Waals surface area contributed by atoms with Crippen molar-refractivity contribution in [2.45, 2.75) is 0 Å². The highest BCUT2D eigenvalue weighted by atomic mass is 35.5. The van der Waals surface area contributed by atoms with Gasteiger partial charge in [-0.05, 0) is 24.0 Å². The average molecular weight is 253 g/mol. The Bertz CT molecular complexity index is 455. The number of piperidine rings is 1. The minimum Gasteiger partial charge on any atom is -0.356 e. The van der Waals surface area contributed by atoms with E-state index in [1.54, 1.807) is 12.3 Å². The molecule has 1 aromatic rings. The van der Waals surface area contributed by atoms with E-state index in [0.717, 1.165) is 18.9 Å². The van der Waals surface area contributed by atoms with Gasteiger partial charge in [0.1, 0.15) is 11.7 Å². The molecule has 6 heteroatoms. The summed E-state index contributed by atoms with van der Waals surface area (Å²) in [5.74, 6) is 2.24. The predicted octanol–water partition coefficient (Wildman–Crippen LogP) is 1.37. The molecule has 90 valence electrons. The van der Waals surface area contributed by atoms with Crippen molar-refractivity contribution < 1.29 is 5.21 Å². The Kier molecular flexibility index (Phi) is 2.45. The van der Waals surface area contributed by atoms with Gasteiger partial charge in [0.2, 0.25) is 0 Å². The number of amidine groups is 1. The molecule has 17 heavy (non-hydrogen) atoms. The molecule has 1 aliphatic carbocycles. The second-order valence-corrected chi connectivity index (χ2v) is 5.05. The van der Waals surface area contributed by atoms with Gasteiger partial charge in [0.25, 0.3) is 0 Å². The van der Waals surface area contributed by atoms with Crippen molar-refractivity contribution in [3.8, 4) is 0 Å². The Hall–Kier alpha value is -1.33. The number of aromatic nitrogens is 1. The normalized spacial score (nSPS) is 30.0. The molecule has 0 unspecified atom stereocenters. The Morgan fingerprint density at radius 2 is 2.24 bits per heavy atom. The number of nitrogens with zero attached hydrogens (tertiary/aromatic N) is 2. The highest BCUT2D eigenvalue weighted by molar-refractivity contribution is 6.30. The average Bonchev–Trinajstić information content (AvgIpc) is 2.82. The zero-order valence-corrected chi connectivity index (χ0v) is 9.85. The molecule has 2 fully saturated rings. The topological polar surface area (TPSA) is 72.2 Å². The van der Waals surface area contributed by atoms with Crippen molar-refractivity contribution in [1.29, 1.82) is 5.41 Å². The van der Waals surface area contributed by atoms with Gasteiger partial charge >= 0.3 is 0 Å². The first-order valence-corrected chi connectivity index (χ1v) is 5.93. The SMILES string of the molecule is N=C(NO)[C@H]1[C@@H]2CN(c3cc(Cl)ccn3)C[C@@H]21. The van der Waals surface area contributed by atoms with E-state index in [-0.39, 0.29) is 11.8 Å². The van der Waals surface area contributed by atoms with E-state index in [4.69, 9.17) is 22.2 Å². The minimum absolute atomic E-state index is 0.190. The van der Waals surface area contributed by atoms with E-state index >= 15 is 0 Å². The second kappa shape index (κ2) is 3.85. The summed E-state index contributed by atoms with van der Waals surface area (Å²) in [6, 6.07) is 3.62. The van der Waals surface area contributed by atoms with Crippen LogP contribution in [0.3, 0.4) is 0 Å². The van der Waals surface area contributed by atoms with Gasteiger partial charge in [0.15, 0.2) is 0 Å². The standard InChI is InChI=1S/C11H13ClN4O/c12-6-1-2-14-9(3-6)16-4-7-8(5-16)10(7)11(13)15-17/h1-3,7-8,10,17H,4-5H2,(H2,13,15)/t7-,8+,10+. The molecule has 5 nitrogen and oxygen atoms in total. The summed E-state index contributed by atoms with van der Waals surface area (Å²) in [7, 11) is 0. The molecule has 0 spiro atoms. The summed E-state index contributed by atoms with van der Waals surface area (Å²) in [6.45, 7) is 1.76. The van der Waals surface area contributed by atoms with Gasteiger partial charge in [-0.2, -0.15) is 0 Å². The molecule has 1 saturated heterocycles. The van der Waals surface area contributed by atoms with E-state index in [2.05, 4.69) is 9.88 Å². The Labute approximate surface area is 104 Å². The number of pyridine rings is 1. The summed E-state index contributed by atoms with van der Waals surface area (Å²) < 4.78 is 0. The molecule has 1 aromatic heterocycles. The number of rotatable bonds is 2. The third kappa shape index (κ3) is 1.75. The monoisotopic (exact) mass is 252 g/mol. The molecule has 1 saturated carbocycles. The quantitative estimate of drug-likeness (QED) is 0.422. The first-order chi connectivity index (χ1) is 8.20. The first kappa shape index (κ1) is 10.8. The van der Waals surface area contributed by atoms with Gasteiger partial charge in [-0.25, -0.2) is 4.98 Å². The van der Waals surface area contributed by atoms with Crippen LogP contribution < -0.4 is 10.4 Å². The van der Waals surface area contributed by atoms with Crippen molar-refractivity contribution in [2.75, 3.05) is 18.0 Å². The lowest BCUT2D eigenvalue weighted by atomic mass is 10.2. The Morgan fingerprint density at radius 3 is 2.82 bits per heavy atom. The molecule has 3 rings (SSSR count). The van der Waals surface area contributed by atoms with Crippen molar-refractivity contribution in [2.24, 2.45) is 17.8 Å². The lowest BCUT2D eigenvalue weighted by Crippen LogP contribution is -2.30. The van der Waals surface area contributed by atoms with Gasteiger partial charge in [-0.15, -0.1) is 0 Å². The first-order valence-electron chi connectivity index (χ1n) is 5.55. The van der Waals surface area contributed by atoms with Crippen molar-refractivity contribution >= 4 is 23.3 Å². The number of anilines is 1. The van der Waals surface area contributed by atoms with Crippen LogP contribution in [0, 0.1) is 23.2 Å². The van der Waals surface area contributed by atoms with Crippen LogP contribution in [0.25, 0.3) is 0 Å². The number of hydrogen-bond acceptors (Lipinski definition) is 4. The van der Waals surface area contributed by atoms with Crippen LogP contribution in [-0.2, 0) is 0 Å². The van der Waals surface area contributed by atoms with Crippen LogP contribution >= 0.6 is 11.6 Å². The maximum atomic E-state index is 8.70. The van der Waals surface area contributed by atoms with E-state index < -0.39 is 0 Å². The van der Waals surface area contributed by atoms with Gasteiger partial charge in [0.05, 0.1) is 0 Å². The maximum Gasteiger partial charge on any atom is 0.129 e. The lowest BCUT2D eigenvalue weighted by Gasteiger charge is -2.20. The van der Waals surface area contributed by atoms with Crippen LogP contribution in [0.5, 0.6) is 0 Å². The van der Waals surface area contributed by atoms with Crippen LogP contribution in [0.4, 0.5) is 5.82 Å². The van der Waals surface area contributed by atoms with Gasteiger partial charge in [-0.1, -0.05) is 11.6 Å². The maximum absolute atomic E-state index is 8.70. The molecule has 3 atom stereocenters. The van der Waals surface area contributed by atoms with E-state index in [1.165, 1.54) is 0 Å². The third-order valence-electron chi connectivity index (χ3n) is 3.68. The molecule has 3 N–H and O–H groups in total. The fraction of sp³-hybridized carbons (Fsp3) is 0.455. The van der Waals surface area contributed by atoms with Crippen molar-refractivity contribution in [3.63, 3.8) is 0 Å². The number of hydroxylamine groups is 1. The number of hydrogen-bond donors (Lipinski definition) is 3. The number of halogens is 1. The summed E-state index contributed by atoms with van der Waals surface area (Å²) in [5.41, 5.74) is 1.95. The molecule has 0 amide bonds. The highest BCUT2D eigenvalue weighted by Crippen LogP contribution is 2.52. The molecule has 0 aromatic carbocycles. The van der Waals surface area contributed by atoms with E-state index in [0.29, 0.717) is 16.9 Å². The predicted molar refractivity (Wildman–Crippen MR) is 64.6 cm³/mol. The molecular formula is C11H13ClN4O. The van der Waals surface area contributed by atoms with Gasteiger partial charge in [0, 0.05) is 30.2 Å². The molecule has 0 radical (unpaired) electrons. The molecular weight excluding hydrogens is 240 g/mol. The summed E-state index contributed by atoms with van der Waals surface area (Å²) >= 11 is 5.93. The zero-order chi connectivity index (χ0) is 12.0. The van der Waals surface area contributed by atoms with E-state index in [9.17, 15) is 0 Å².